The number of carbonyl (C=O) groups is 1. The van der Waals surface area contributed by atoms with E-state index in [-0.39, 0.29) is 22.5 Å². The molecule has 0 heterocycles. The van der Waals surface area contributed by atoms with Gasteiger partial charge >= 0.3 is 5.97 Å². The molecule has 1 aromatic carbocycles. The van der Waals surface area contributed by atoms with E-state index in [1.165, 1.54) is 13.0 Å². The second-order valence-corrected chi connectivity index (χ2v) is 6.84. The Kier molecular flexibility index (Phi) is 5.94. The summed E-state index contributed by atoms with van der Waals surface area (Å²) in [6, 6.07) is 3.56. The lowest BCUT2D eigenvalue weighted by Gasteiger charge is -2.23. The fourth-order valence-corrected chi connectivity index (χ4v) is 3.25. The molecule has 1 aromatic rings. The van der Waals surface area contributed by atoms with Crippen molar-refractivity contribution in [2.75, 3.05) is 23.2 Å². The van der Waals surface area contributed by atoms with Crippen molar-refractivity contribution in [3.8, 4) is 0 Å². The minimum atomic E-state index is -3.68. The number of nitrogens with zero attached hydrogens (tertiary/aromatic N) is 1. The van der Waals surface area contributed by atoms with Crippen LogP contribution < -0.4 is 4.31 Å². The van der Waals surface area contributed by atoms with Gasteiger partial charge in [0.25, 0.3) is 0 Å². The van der Waals surface area contributed by atoms with Crippen LogP contribution >= 0.6 is 15.9 Å². The molecule has 0 bridgehead atoms. The maximum atomic E-state index is 13.1. The fourth-order valence-electron chi connectivity index (χ4n) is 1.50. The molecule has 8 heteroatoms. The van der Waals surface area contributed by atoms with E-state index in [1.54, 1.807) is 6.92 Å². The van der Waals surface area contributed by atoms with Crippen LogP contribution in [0.2, 0.25) is 0 Å². The Morgan fingerprint density at radius 1 is 1.40 bits per heavy atom. The Hall–Kier alpha value is -1.15. The van der Waals surface area contributed by atoms with E-state index in [1.807, 2.05) is 0 Å². The molecule has 0 aromatic heterocycles. The van der Waals surface area contributed by atoms with Crippen molar-refractivity contribution in [1.82, 2.24) is 0 Å². The summed E-state index contributed by atoms with van der Waals surface area (Å²) in [5.41, 5.74) is 0.196. The van der Waals surface area contributed by atoms with E-state index < -0.39 is 28.4 Å². The molecule has 5 nitrogen and oxygen atoms in total. The third-order valence-electron chi connectivity index (χ3n) is 2.46. The number of rotatable bonds is 6. The normalized spacial score (nSPS) is 11.2. The minimum Gasteiger partial charge on any atom is -0.465 e. The van der Waals surface area contributed by atoms with Gasteiger partial charge in [-0.1, -0.05) is 0 Å². The van der Waals surface area contributed by atoms with Crippen molar-refractivity contribution in [3.05, 3.63) is 28.5 Å². The first-order valence-electron chi connectivity index (χ1n) is 5.93. The molecule has 0 atom stereocenters. The van der Waals surface area contributed by atoms with Gasteiger partial charge in [-0.25, -0.2) is 12.8 Å². The number of anilines is 1. The summed E-state index contributed by atoms with van der Waals surface area (Å²) in [7, 11) is -3.68. The Morgan fingerprint density at radius 3 is 2.55 bits per heavy atom. The molecule has 112 valence electrons. The average molecular weight is 368 g/mol. The summed E-state index contributed by atoms with van der Waals surface area (Å²) in [4.78, 5) is 11.5. The van der Waals surface area contributed by atoms with Crippen molar-refractivity contribution in [3.63, 3.8) is 0 Å². The molecule has 0 unspecified atom stereocenters. The van der Waals surface area contributed by atoms with E-state index in [9.17, 15) is 17.6 Å². The van der Waals surface area contributed by atoms with Gasteiger partial charge in [0.2, 0.25) is 10.0 Å². The first kappa shape index (κ1) is 16.9. The number of benzene rings is 1. The number of hydrogen-bond acceptors (Lipinski definition) is 4. The maximum absolute atomic E-state index is 13.1. The summed E-state index contributed by atoms with van der Waals surface area (Å²) < 4.78 is 43.2. The molecule has 0 aliphatic rings. The second kappa shape index (κ2) is 7.03. The third-order valence-corrected chi connectivity index (χ3v) is 4.82. The molecule has 0 N–H and O–H groups in total. The average Bonchev–Trinajstić information content (AvgIpc) is 2.37. The van der Waals surface area contributed by atoms with Crippen molar-refractivity contribution in [2.24, 2.45) is 0 Å². The SMILES string of the molecule is CCOC(=O)CN(c1ccc(F)cc1Br)S(=O)(=O)CC. The number of carbonyl (C=O) groups excluding carboxylic acids is 1. The standard InChI is InChI=1S/C12H15BrFNO4S/c1-3-19-12(16)8-15(20(17,18)4-2)11-6-5-9(14)7-10(11)13/h5-7H,3-4,8H2,1-2H3. The van der Waals surface area contributed by atoms with E-state index >= 15 is 0 Å². The summed E-state index contributed by atoms with van der Waals surface area (Å²) in [6.45, 7) is 2.80. The van der Waals surface area contributed by atoms with Gasteiger partial charge in [0.05, 0.1) is 18.0 Å². The van der Waals surface area contributed by atoms with Gasteiger partial charge in [-0.15, -0.1) is 0 Å². The van der Waals surface area contributed by atoms with Crippen molar-refractivity contribution >= 4 is 37.6 Å². The lowest BCUT2D eigenvalue weighted by atomic mass is 10.3. The Morgan fingerprint density at radius 2 is 2.05 bits per heavy atom. The van der Waals surface area contributed by atoms with Crippen molar-refractivity contribution < 1.29 is 22.3 Å². The molecular weight excluding hydrogens is 353 g/mol. The Labute approximate surface area is 125 Å². The van der Waals surface area contributed by atoms with Gasteiger partial charge in [0.1, 0.15) is 12.4 Å². The first-order valence-corrected chi connectivity index (χ1v) is 8.33. The smallest absolute Gasteiger partial charge is 0.326 e. The van der Waals surface area contributed by atoms with Crippen LogP contribution in [0.25, 0.3) is 0 Å². The van der Waals surface area contributed by atoms with Gasteiger partial charge in [0.15, 0.2) is 0 Å². The van der Waals surface area contributed by atoms with Gasteiger partial charge < -0.3 is 4.74 Å². The summed E-state index contributed by atoms with van der Waals surface area (Å²) >= 11 is 3.10. The van der Waals surface area contributed by atoms with E-state index in [2.05, 4.69) is 15.9 Å². The Bertz CT molecular complexity index is 591. The topological polar surface area (TPSA) is 63.7 Å². The molecule has 0 radical (unpaired) electrons. The molecule has 0 spiro atoms. The molecule has 0 amide bonds. The van der Waals surface area contributed by atoms with Crippen LogP contribution in [0.5, 0.6) is 0 Å². The second-order valence-electron chi connectivity index (χ2n) is 3.81. The maximum Gasteiger partial charge on any atom is 0.326 e. The lowest BCUT2D eigenvalue weighted by molar-refractivity contribution is -0.141. The fraction of sp³-hybridized carbons (Fsp3) is 0.417. The highest BCUT2D eigenvalue weighted by Gasteiger charge is 2.25. The zero-order valence-corrected chi connectivity index (χ0v) is 13.5. The van der Waals surface area contributed by atoms with Gasteiger partial charge in [-0.3, -0.25) is 9.10 Å². The van der Waals surface area contributed by atoms with Crippen LogP contribution in [0.3, 0.4) is 0 Å². The molecule has 0 fully saturated rings. The monoisotopic (exact) mass is 367 g/mol. The van der Waals surface area contributed by atoms with Crippen LogP contribution in [-0.2, 0) is 19.6 Å². The van der Waals surface area contributed by atoms with Crippen molar-refractivity contribution in [1.29, 1.82) is 0 Å². The minimum absolute atomic E-state index is 0.156. The number of ether oxygens (including phenoxy) is 1. The van der Waals surface area contributed by atoms with Gasteiger partial charge in [-0.2, -0.15) is 0 Å². The van der Waals surface area contributed by atoms with Gasteiger partial charge in [-0.05, 0) is 48.0 Å². The van der Waals surface area contributed by atoms with E-state index in [0.29, 0.717) is 0 Å². The molecule has 0 aliphatic carbocycles. The highest BCUT2D eigenvalue weighted by Crippen LogP contribution is 2.29. The van der Waals surface area contributed by atoms with Crippen LogP contribution in [-0.4, -0.2) is 33.3 Å². The largest absolute Gasteiger partial charge is 0.465 e. The number of hydrogen-bond donors (Lipinski definition) is 0. The zero-order valence-electron chi connectivity index (χ0n) is 11.1. The molecule has 0 saturated heterocycles. The molecule has 20 heavy (non-hydrogen) atoms. The molecule has 0 saturated carbocycles. The van der Waals surface area contributed by atoms with Gasteiger partial charge in [0, 0.05) is 4.47 Å². The summed E-state index contributed by atoms with van der Waals surface area (Å²) in [5.74, 6) is -1.36. The molecule has 1 rings (SSSR count). The first-order chi connectivity index (χ1) is 9.31. The predicted molar refractivity (Wildman–Crippen MR) is 77.5 cm³/mol. The number of halogens is 2. The van der Waals surface area contributed by atoms with E-state index in [0.717, 1.165) is 16.4 Å². The van der Waals surface area contributed by atoms with Crippen LogP contribution in [0, 0.1) is 5.82 Å². The van der Waals surface area contributed by atoms with Crippen molar-refractivity contribution in [2.45, 2.75) is 13.8 Å². The zero-order chi connectivity index (χ0) is 15.3. The number of esters is 1. The lowest BCUT2D eigenvalue weighted by Crippen LogP contribution is -2.37. The highest BCUT2D eigenvalue weighted by molar-refractivity contribution is 9.10. The van der Waals surface area contributed by atoms with Crippen LogP contribution in [0.1, 0.15) is 13.8 Å². The van der Waals surface area contributed by atoms with Crippen LogP contribution in [0.4, 0.5) is 10.1 Å². The number of sulfonamides is 1. The molecular formula is C12H15BrFNO4S. The summed E-state index contributed by atoms with van der Waals surface area (Å²) in [5, 5.41) is 0. The highest BCUT2D eigenvalue weighted by atomic mass is 79.9. The quantitative estimate of drug-likeness (QED) is 0.723. The molecule has 0 aliphatic heterocycles. The van der Waals surface area contributed by atoms with Crippen LogP contribution in [0.15, 0.2) is 22.7 Å². The predicted octanol–water partition coefficient (Wildman–Crippen LogP) is 2.31. The summed E-state index contributed by atoms with van der Waals surface area (Å²) in [6.07, 6.45) is 0. The third kappa shape index (κ3) is 4.17. The Balaban J connectivity index is 3.20. The van der Waals surface area contributed by atoms with E-state index in [4.69, 9.17) is 4.74 Å².